The highest BCUT2D eigenvalue weighted by atomic mass is 35.5. The number of benzene rings is 2. The predicted octanol–water partition coefficient (Wildman–Crippen LogP) is 2.93. The van der Waals surface area contributed by atoms with Gasteiger partial charge in [-0.3, -0.25) is 4.79 Å². The average molecular weight is 397 g/mol. The van der Waals surface area contributed by atoms with Gasteiger partial charge in [0.2, 0.25) is 10.0 Å². The molecule has 0 N–H and O–H groups in total. The van der Waals surface area contributed by atoms with Gasteiger partial charge in [0.1, 0.15) is 5.82 Å². The van der Waals surface area contributed by atoms with Gasteiger partial charge in [-0.25, -0.2) is 12.8 Å². The zero-order valence-corrected chi connectivity index (χ0v) is 15.7. The number of rotatable bonds is 3. The van der Waals surface area contributed by atoms with Crippen LogP contribution in [0.15, 0.2) is 47.4 Å². The smallest absolute Gasteiger partial charge is 0.254 e. The van der Waals surface area contributed by atoms with E-state index in [9.17, 15) is 17.6 Å². The third kappa shape index (κ3) is 3.75. The van der Waals surface area contributed by atoms with Gasteiger partial charge < -0.3 is 4.90 Å². The molecule has 5 nitrogen and oxygen atoms in total. The molecule has 1 heterocycles. The van der Waals surface area contributed by atoms with Crippen molar-refractivity contribution in [3.05, 3.63) is 64.4 Å². The van der Waals surface area contributed by atoms with E-state index in [4.69, 9.17) is 11.6 Å². The molecule has 0 aliphatic carbocycles. The third-order valence-corrected chi connectivity index (χ3v) is 6.68. The first-order chi connectivity index (χ1) is 12.3. The Hall–Kier alpha value is -1.96. The van der Waals surface area contributed by atoms with E-state index in [0.29, 0.717) is 5.02 Å². The molecule has 1 fully saturated rings. The van der Waals surface area contributed by atoms with Crippen LogP contribution in [0.2, 0.25) is 5.02 Å². The van der Waals surface area contributed by atoms with E-state index in [1.165, 1.54) is 39.5 Å². The molecule has 0 aromatic heterocycles. The van der Waals surface area contributed by atoms with Crippen LogP contribution < -0.4 is 0 Å². The molecule has 138 valence electrons. The normalized spacial score (nSPS) is 15.9. The Balaban J connectivity index is 1.71. The molecule has 0 radical (unpaired) electrons. The lowest BCUT2D eigenvalue weighted by atomic mass is 10.2. The monoisotopic (exact) mass is 396 g/mol. The predicted molar refractivity (Wildman–Crippen MR) is 97.3 cm³/mol. The van der Waals surface area contributed by atoms with Crippen molar-refractivity contribution in [1.29, 1.82) is 0 Å². The molecule has 0 bridgehead atoms. The average Bonchev–Trinajstić information content (AvgIpc) is 2.63. The van der Waals surface area contributed by atoms with Crippen LogP contribution in [0, 0.1) is 12.7 Å². The summed E-state index contributed by atoms with van der Waals surface area (Å²) in [5.41, 5.74) is 1.06. The molecular formula is C18H18ClFN2O3S. The van der Waals surface area contributed by atoms with Gasteiger partial charge in [-0.2, -0.15) is 4.31 Å². The second-order valence-corrected chi connectivity index (χ2v) is 8.46. The number of carbonyl (C=O) groups is 1. The van der Waals surface area contributed by atoms with Gasteiger partial charge >= 0.3 is 0 Å². The van der Waals surface area contributed by atoms with Crippen LogP contribution in [0.25, 0.3) is 0 Å². The van der Waals surface area contributed by atoms with Crippen molar-refractivity contribution in [2.24, 2.45) is 0 Å². The highest BCUT2D eigenvalue weighted by molar-refractivity contribution is 7.89. The molecule has 0 unspecified atom stereocenters. The minimum atomic E-state index is -3.67. The Morgan fingerprint density at radius 2 is 1.77 bits per heavy atom. The van der Waals surface area contributed by atoms with Crippen molar-refractivity contribution < 1.29 is 17.6 Å². The van der Waals surface area contributed by atoms with Crippen molar-refractivity contribution in [1.82, 2.24) is 9.21 Å². The number of aryl methyl sites for hydroxylation is 1. The van der Waals surface area contributed by atoms with E-state index in [1.807, 2.05) is 0 Å². The first kappa shape index (κ1) is 18.8. The summed E-state index contributed by atoms with van der Waals surface area (Å²) in [6, 6.07) is 10.1. The van der Waals surface area contributed by atoms with E-state index in [-0.39, 0.29) is 42.5 Å². The second kappa shape index (κ2) is 7.34. The minimum absolute atomic E-state index is 0.137. The van der Waals surface area contributed by atoms with E-state index in [1.54, 1.807) is 19.1 Å². The van der Waals surface area contributed by atoms with Crippen molar-refractivity contribution in [3.8, 4) is 0 Å². The lowest BCUT2D eigenvalue weighted by molar-refractivity contribution is 0.0697. The fourth-order valence-corrected chi connectivity index (χ4v) is 4.51. The van der Waals surface area contributed by atoms with Crippen molar-refractivity contribution in [2.45, 2.75) is 11.8 Å². The largest absolute Gasteiger partial charge is 0.336 e. The minimum Gasteiger partial charge on any atom is -0.336 e. The van der Waals surface area contributed by atoms with Crippen LogP contribution in [-0.4, -0.2) is 49.7 Å². The van der Waals surface area contributed by atoms with E-state index < -0.39 is 15.8 Å². The van der Waals surface area contributed by atoms with Crippen molar-refractivity contribution >= 4 is 27.5 Å². The maximum absolute atomic E-state index is 13.3. The van der Waals surface area contributed by atoms with Gasteiger partial charge in [0.15, 0.2) is 0 Å². The molecular weight excluding hydrogens is 379 g/mol. The Kier molecular flexibility index (Phi) is 5.32. The van der Waals surface area contributed by atoms with Crippen LogP contribution in [0.4, 0.5) is 4.39 Å². The fourth-order valence-electron chi connectivity index (χ4n) is 2.82. The fraction of sp³-hybridized carbons (Fsp3) is 0.278. The summed E-state index contributed by atoms with van der Waals surface area (Å²) in [5.74, 6) is -0.784. The number of amides is 1. The number of hydrogen-bond donors (Lipinski definition) is 0. The summed E-state index contributed by atoms with van der Waals surface area (Å²) in [7, 11) is -3.67. The second-order valence-electron chi connectivity index (χ2n) is 6.12. The van der Waals surface area contributed by atoms with Gasteiger partial charge in [0.25, 0.3) is 5.91 Å². The maximum atomic E-state index is 13.3. The molecule has 2 aromatic carbocycles. The summed E-state index contributed by atoms with van der Waals surface area (Å²) >= 11 is 6.04. The quantitative estimate of drug-likeness (QED) is 0.801. The summed E-state index contributed by atoms with van der Waals surface area (Å²) in [5, 5.41) is 0.394. The van der Waals surface area contributed by atoms with Gasteiger partial charge in [-0.1, -0.05) is 23.7 Å². The van der Waals surface area contributed by atoms with Crippen molar-refractivity contribution in [2.75, 3.05) is 26.2 Å². The summed E-state index contributed by atoms with van der Waals surface area (Å²) < 4.78 is 40.1. The van der Waals surface area contributed by atoms with Crippen LogP contribution >= 0.6 is 11.6 Å². The van der Waals surface area contributed by atoms with E-state index in [0.717, 1.165) is 5.56 Å². The van der Waals surface area contributed by atoms with Crippen LogP contribution in [0.3, 0.4) is 0 Å². The van der Waals surface area contributed by atoms with Crippen LogP contribution in [0.1, 0.15) is 15.9 Å². The lowest BCUT2D eigenvalue weighted by Gasteiger charge is -2.34. The standard InChI is InChI=1S/C18H18ClFN2O3S/c1-13-5-6-16(12-17(13)19)26(24,25)22-9-7-21(8-10-22)18(23)14-3-2-4-15(20)11-14/h2-6,11-12H,7-10H2,1H3. The molecule has 26 heavy (non-hydrogen) atoms. The zero-order chi connectivity index (χ0) is 18.9. The molecule has 1 aliphatic rings. The SMILES string of the molecule is Cc1ccc(S(=O)(=O)N2CCN(C(=O)c3cccc(F)c3)CC2)cc1Cl. The van der Waals surface area contributed by atoms with Crippen LogP contribution in [-0.2, 0) is 10.0 Å². The van der Waals surface area contributed by atoms with Crippen molar-refractivity contribution in [3.63, 3.8) is 0 Å². The lowest BCUT2D eigenvalue weighted by Crippen LogP contribution is -2.50. The van der Waals surface area contributed by atoms with Gasteiger partial charge in [-0.15, -0.1) is 0 Å². The number of piperazine rings is 1. The Morgan fingerprint density at radius 3 is 2.38 bits per heavy atom. The molecule has 2 aromatic rings. The summed E-state index contributed by atoms with van der Waals surface area (Å²) in [4.78, 5) is 14.1. The number of nitrogens with zero attached hydrogens (tertiary/aromatic N) is 2. The Bertz CT molecular complexity index is 941. The molecule has 0 spiro atoms. The first-order valence-electron chi connectivity index (χ1n) is 8.10. The van der Waals surface area contributed by atoms with Gasteiger partial charge in [0, 0.05) is 36.8 Å². The molecule has 3 rings (SSSR count). The van der Waals surface area contributed by atoms with Crippen LogP contribution in [0.5, 0.6) is 0 Å². The molecule has 1 amide bonds. The summed E-state index contributed by atoms with van der Waals surface area (Å²) in [6.45, 7) is 2.64. The highest BCUT2D eigenvalue weighted by Gasteiger charge is 2.30. The maximum Gasteiger partial charge on any atom is 0.254 e. The van der Waals surface area contributed by atoms with Gasteiger partial charge in [0.05, 0.1) is 4.90 Å². The highest BCUT2D eigenvalue weighted by Crippen LogP contribution is 2.24. The molecule has 0 atom stereocenters. The summed E-state index contributed by atoms with van der Waals surface area (Å²) in [6.07, 6.45) is 0. The number of halogens is 2. The third-order valence-electron chi connectivity index (χ3n) is 4.38. The molecule has 8 heteroatoms. The van der Waals surface area contributed by atoms with E-state index in [2.05, 4.69) is 0 Å². The number of hydrogen-bond acceptors (Lipinski definition) is 3. The van der Waals surface area contributed by atoms with Gasteiger partial charge in [-0.05, 0) is 42.8 Å². The van der Waals surface area contributed by atoms with E-state index >= 15 is 0 Å². The number of carbonyl (C=O) groups excluding carboxylic acids is 1. The molecule has 1 saturated heterocycles. The Morgan fingerprint density at radius 1 is 1.08 bits per heavy atom. The molecule has 0 saturated carbocycles. The topological polar surface area (TPSA) is 57.7 Å². The first-order valence-corrected chi connectivity index (χ1v) is 9.92. The zero-order valence-electron chi connectivity index (χ0n) is 14.2. The molecule has 1 aliphatic heterocycles. The number of sulfonamides is 1. The Labute approximate surface area is 157 Å².